The first-order valence-electron chi connectivity index (χ1n) is 11.7. The van der Waals surface area contributed by atoms with Crippen LogP contribution in [0.25, 0.3) is 16.6 Å². The number of phenolic OH excluding ortho intramolecular Hbond substituents is 1. The lowest BCUT2D eigenvalue weighted by Gasteiger charge is -2.21. The van der Waals surface area contributed by atoms with Crippen LogP contribution in [0.4, 0.5) is 5.69 Å². The molecule has 4 aromatic rings. The lowest BCUT2D eigenvalue weighted by molar-refractivity contribution is -0.118. The van der Waals surface area contributed by atoms with Crippen LogP contribution in [0, 0.1) is 0 Å². The number of phenols is 1. The zero-order valence-corrected chi connectivity index (χ0v) is 22.8. The molecular weight excluding hydrogens is 554 g/mol. The number of hydrogen-bond donors (Lipinski definition) is 2. The van der Waals surface area contributed by atoms with Gasteiger partial charge in [0.05, 0.1) is 28.6 Å². The Morgan fingerprint density at radius 1 is 1.14 bits per heavy atom. The molecule has 1 aromatic heterocycles. The van der Waals surface area contributed by atoms with Gasteiger partial charge in [-0.2, -0.15) is 5.10 Å². The predicted molar refractivity (Wildman–Crippen MR) is 153 cm³/mol. The quantitative estimate of drug-likeness (QED) is 0.126. The van der Waals surface area contributed by atoms with Crippen molar-refractivity contribution in [2.45, 2.75) is 19.0 Å². The molecule has 0 aliphatic heterocycles. The zero-order chi connectivity index (χ0) is 26.4. The maximum Gasteiger partial charge on any atom is 0.266 e. The third kappa shape index (κ3) is 6.20. The average Bonchev–Trinajstić information content (AvgIpc) is 2.90. The fourth-order valence-corrected chi connectivity index (χ4v) is 4.86. The molecule has 2 N–H and O–H groups in total. The Hall–Kier alpha value is -3.63. The van der Waals surface area contributed by atoms with Crippen molar-refractivity contribution in [2.75, 3.05) is 23.7 Å². The number of benzene rings is 3. The van der Waals surface area contributed by atoms with E-state index in [2.05, 4.69) is 50.2 Å². The lowest BCUT2D eigenvalue weighted by atomic mass is 10.2. The molecule has 0 aliphatic carbocycles. The van der Waals surface area contributed by atoms with Gasteiger partial charge < -0.3 is 10.0 Å². The van der Waals surface area contributed by atoms with Crippen LogP contribution in [0.1, 0.15) is 19.4 Å². The summed E-state index contributed by atoms with van der Waals surface area (Å²) in [6.45, 7) is 5.77. The van der Waals surface area contributed by atoms with Crippen LogP contribution in [-0.2, 0) is 4.79 Å². The number of carbonyl (C=O) groups excluding carboxylic acids is 1. The van der Waals surface area contributed by atoms with Gasteiger partial charge in [0.15, 0.2) is 5.16 Å². The minimum atomic E-state index is -0.370. The molecule has 37 heavy (non-hydrogen) atoms. The number of carbonyl (C=O) groups is 1. The molecule has 8 nitrogen and oxygen atoms in total. The number of hydrazone groups is 1. The van der Waals surface area contributed by atoms with Gasteiger partial charge in [0, 0.05) is 34.9 Å². The van der Waals surface area contributed by atoms with E-state index in [9.17, 15) is 14.7 Å². The zero-order valence-electron chi connectivity index (χ0n) is 20.4. The van der Waals surface area contributed by atoms with Gasteiger partial charge in [-0.15, -0.1) is 0 Å². The molecule has 4 rings (SSSR count). The van der Waals surface area contributed by atoms with Crippen LogP contribution in [0.5, 0.6) is 5.75 Å². The van der Waals surface area contributed by atoms with Gasteiger partial charge in [-0.1, -0.05) is 39.8 Å². The van der Waals surface area contributed by atoms with Gasteiger partial charge in [-0.05, 0) is 62.4 Å². The molecule has 0 spiro atoms. The van der Waals surface area contributed by atoms with Gasteiger partial charge in [0.25, 0.3) is 11.5 Å². The summed E-state index contributed by atoms with van der Waals surface area (Å²) >= 11 is 4.56. The molecule has 0 aliphatic rings. The number of nitrogens with zero attached hydrogens (tertiary/aromatic N) is 4. The minimum absolute atomic E-state index is 0.00840. The minimum Gasteiger partial charge on any atom is -0.507 e. The number of halogens is 1. The van der Waals surface area contributed by atoms with Crippen LogP contribution < -0.4 is 15.9 Å². The first-order valence-corrected chi connectivity index (χ1v) is 13.5. The standard InChI is InChI=1S/C27H26BrN5O3S/c1-3-32(4-2)21-12-9-18(24(34)15-21)16-29-31-25(35)17-37-27-30-23-8-6-5-7-22(23)26(36)33(27)20-13-10-19(28)11-14-20/h5-16,34H,3-4,17H2,1-2H3,(H,31,35). The van der Waals surface area contributed by atoms with Crippen LogP contribution in [0.3, 0.4) is 0 Å². The second-order valence-electron chi connectivity index (χ2n) is 8.03. The second-order valence-corrected chi connectivity index (χ2v) is 9.88. The summed E-state index contributed by atoms with van der Waals surface area (Å²) < 4.78 is 2.39. The van der Waals surface area contributed by atoms with Crippen molar-refractivity contribution in [3.63, 3.8) is 0 Å². The van der Waals surface area contributed by atoms with Crippen molar-refractivity contribution in [2.24, 2.45) is 5.10 Å². The molecule has 0 unspecified atom stereocenters. The normalized spacial score (nSPS) is 11.2. The Labute approximate surface area is 227 Å². The van der Waals surface area contributed by atoms with E-state index in [-0.39, 0.29) is 23.0 Å². The molecule has 0 bridgehead atoms. The van der Waals surface area contributed by atoms with E-state index in [1.165, 1.54) is 10.8 Å². The first kappa shape index (κ1) is 26.4. The van der Waals surface area contributed by atoms with E-state index < -0.39 is 0 Å². The Morgan fingerprint density at radius 3 is 2.57 bits per heavy atom. The molecule has 190 valence electrons. The number of aromatic nitrogens is 2. The highest BCUT2D eigenvalue weighted by Crippen LogP contribution is 2.24. The van der Waals surface area contributed by atoms with Gasteiger partial charge >= 0.3 is 0 Å². The Bertz CT molecular complexity index is 1500. The Kier molecular flexibility index (Phi) is 8.62. The van der Waals surface area contributed by atoms with Crippen LogP contribution >= 0.6 is 27.7 Å². The number of rotatable bonds is 9. The van der Waals surface area contributed by atoms with Crippen molar-refractivity contribution in [1.82, 2.24) is 15.0 Å². The molecule has 3 aromatic carbocycles. The van der Waals surface area contributed by atoms with E-state index in [0.717, 1.165) is 35.0 Å². The number of anilines is 1. The van der Waals surface area contributed by atoms with Crippen LogP contribution in [0.2, 0.25) is 0 Å². The summed E-state index contributed by atoms with van der Waals surface area (Å²) in [5, 5.41) is 15.2. The molecule has 0 radical (unpaired) electrons. The van der Waals surface area contributed by atoms with E-state index in [4.69, 9.17) is 0 Å². The third-order valence-electron chi connectivity index (χ3n) is 5.70. The average molecular weight is 581 g/mol. The van der Waals surface area contributed by atoms with E-state index in [0.29, 0.717) is 27.3 Å². The lowest BCUT2D eigenvalue weighted by Crippen LogP contribution is -2.24. The maximum absolute atomic E-state index is 13.3. The second kappa shape index (κ2) is 12.1. The van der Waals surface area contributed by atoms with Crippen molar-refractivity contribution in [3.8, 4) is 11.4 Å². The largest absolute Gasteiger partial charge is 0.507 e. The number of amides is 1. The molecular formula is C27H26BrN5O3S. The summed E-state index contributed by atoms with van der Waals surface area (Å²) in [6.07, 6.45) is 1.40. The van der Waals surface area contributed by atoms with Gasteiger partial charge in [0.2, 0.25) is 0 Å². The summed E-state index contributed by atoms with van der Waals surface area (Å²) in [7, 11) is 0. The number of thioether (sulfide) groups is 1. The monoisotopic (exact) mass is 579 g/mol. The highest BCUT2D eigenvalue weighted by Gasteiger charge is 2.15. The van der Waals surface area contributed by atoms with Crippen molar-refractivity contribution >= 4 is 56.4 Å². The molecule has 10 heteroatoms. The van der Waals surface area contributed by atoms with Gasteiger partial charge in [0.1, 0.15) is 5.75 Å². The highest BCUT2D eigenvalue weighted by atomic mass is 79.9. The van der Waals surface area contributed by atoms with Crippen molar-refractivity contribution in [1.29, 1.82) is 0 Å². The van der Waals surface area contributed by atoms with Crippen LogP contribution in [0.15, 0.2) is 86.3 Å². The smallest absolute Gasteiger partial charge is 0.266 e. The van der Waals surface area contributed by atoms with Crippen LogP contribution in [-0.4, -0.2) is 45.6 Å². The highest BCUT2D eigenvalue weighted by molar-refractivity contribution is 9.10. The number of para-hydroxylation sites is 1. The molecule has 1 amide bonds. The number of fused-ring (bicyclic) bond motifs is 1. The van der Waals surface area contributed by atoms with E-state index in [1.54, 1.807) is 30.3 Å². The molecule has 0 saturated heterocycles. The van der Waals surface area contributed by atoms with Crippen molar-refractivity contribution in [3.05, 3.63) is 87.1 Å². The topological polar surface area (TPSA) is 99.8 Å². The Morgan fingerprint density at radius 2 is 1.86 bits per heavy atom. The summed E-state index contributed by atoms with van der Waals surface area (Å²) in [5.41, 5.74) is 4.88. The SMILES string of the molecule is CCN(CC)c1ccc(C=NNC(=O)CSc2nc3ccccc3c(=O)n2-c2ccc(Br)cc2)c(O)c1. The number of nitrogens with one attached hydrogen (secondary N) is 1. The van der Waals surface area contributed by atoms with E-state index >= 15 is 0 Å². The molecule has 0 saturated carbocycles. The number of hydrogen-bond acceptors (Lipinski definition) is 7. The molecule has 0 atom stereocenters. The Balaban J connectivity index is 1.49. The summed E-state index contributed by atoms with van der Waals surface area (Å²) in [6, 6.07) is 19.8. The van der Waals surface area contributed by atoms with Gasteiger partial charge in [-0.3, -0.25) is 14.2 Å². The fourth-order valence-electron chi connectivity index (χ4n) is 3.79. The molecule has 0 fully saturated rings. The van der Waals surface area contributed by atoms with Crippen molar-refractivity contribution < 1.29 is 9.90 Å². The molecule has 1 heterocycles. The summed E-state index contributed by atoms with van der Waals surface area (Å²) in [5.74, 6) is -0.299. The number of aromatic hydroxyl groups is 1. The summed E-state index contributed by atoms with van der Waals surface area (Å²) in [4.78, 5) is 32.6. The first-order chi connectivity index (χ1) is 17.9. The fraction of sp³-hybridized carbons (Fsp3) is 0.185. The third-order valence-corrected chi connectivity index (χ3v) is 7.16. The maximum atomic E-state index is 13.3. The van der Waals surface area contributed by atoms with Gasteiger partial charge in [-0.25, -0.2) is 10.4 Å². The predicted octanol–water partition coefficient (Wildman–Crippen LogP) is 4.94. The van der Waals surface area contributed by atoms with E-state index in [1.807, 2.05) is 36.4 Å².